The van der Waals surface area contributed by atoms with Crippen molar-refractivity contribution in [1.82, 2.24) is 5.17 Å². The number of para-hydroxylation sites is 1. The second kappa shape index (κ2) is 8.43. The summed E-state index contributed by atoms with van der Waals surface area (Å²) in [5.74, 6) is -1.13. The SMILES string of the molecule is CC(=O)ON(C(=O)C(C)CSC(C)=O)N(C)c1ccccc1. The molecule has 0 aromatic heterocycles. The Morgan fingerprint density at radius 1 is 1.18 bits per heavy atom. The number of hydrogen-bond donors (Lipinski definition) is 0. The molecule has 0 saturated carbocycles. The van der Waals surface area contributed by atoms with E-state index in [2.05, 4.69) is 0 Å². The highest BCUT2D eigenvalue weighted by Gasteiger charge is 2.27. The smallest absolute Gasteiger partial charge is 0.318 e. The maximum atomic E-state index is 12.5. The fourth-order valence-corrected chi connectivity index (χ4v) is 2.25. The van der Waals surface area contributed by atoms with Gasteiger partial charge >= 0.3 is 5.97 Å². The van der Waals surface area contributed by atoms with Gasteiger partial charge in [-0.1, -0.05) is 42.1 Å². The molecule has 0 aliphatic carbocycles. The first-order valence-corrected chi connectivity index (χ1v) is 7.76. The van der Waals surface area contributed by atoms with E-state index in [1.165, 1.54) is 18.9 Å². The van der Waals surface area contributed by atoms with Crippen LogP contribution in [-0.2, 0) is 19.2 Å². The minimum Gasteiger partial charge on any atom is -0.318 e. The van der Waals surface area contributed by atoms with E-state index in [-0.39, 0.29) is 5.12 Å². The van der Waals surface area contributed by atoms with Gasteiger partial charge in [-0.05, 0) is 12.1 Å². The minimum absolute atomic E-state index is 0.0601. The van der Waals surface area contributed by atoms with Crippen LogP contribution in [0.25, 0.3) is 0 Å². The van der Waals surface area contributed by atoms with E-state index in [1.807, 2.05) is 18.2 Å². The van der Waals surface area contributed by atoms with Crippen molar-refractivity contribution in [3.05, 3.63) is 30.3 Å². The Bertz CT molecular complexity index is 536. The van der Waals surface area contributed by atoms with Gasteiger partial charge in [-0.2, -0.15) is 0 Å². The number of hydrogen-bond acceptors (Lipinski definition) is 6. The van der Waals surface area contributed by atoms with Crippen LogP contribution >= 0.6 is 11.8 Å². The number of hydroxylamine groups is 1. The minimum atomic E-state index is -0.595. The van der Waals surface area contributed by atoms with Crippen LogP contribution in [0.4, 0.5) is 5.69 Å². The number of carbonyl (C=O) groups excluding carboxylic acids is 3. The lowest BCUT2D eigenvalue weighted by Crippen LogP contribution is -2.48. The first-order valence-electron chi connectivity index (χ1n) is 6.77. The van der Waals surface area contributed by atoms with Gasteiger partial charge in [0.2, 0.25) is 0 Å². The van der Waals surface area contributed by atoms with E-state index in [9.17, 15) is 14.4 Å². The molecule has 1 rings (SSSR count). The maximum Gasteiger partial charge on any atom is 0.332 e. The molecule has 1 aromatic carbocycles. The lowest BCUT2D eigenvalue weighted by molar-refractivity contribution is -0.200. The van der Waals surface area contributed by atoms with Gasteiger partial charge in [-0.25, -0.2) is 4.79 Å². The summed E-state index contributed by atoms with van der Waals surface area (Å²) < 4.78 is 0. The van der Waals surface area contributed by atoms with Crippen LogP contribution in [0.2, 0.25) is 0 Å². The largest absolute Gasteiger partial charge is 0.332 e. The molecular formula is C15H20N2O4S. The van der Waals surface area contributed by atoms with Crippen molar-refractivity contribution >= 4 is 34.4 Å². The highest BCUT2D eigenvalue weighted by molar-refractivity contribution is 8.13. The number of rotatable bonds is 5. The number of anilines is 1. The monoisotopic (exact) mass is 324 g/mol. The number of amides is 1. The van der Waals surface area contributed by atoms with Gasteiger partial charge < -0.3 is 4.84 Å². The third kappa shape index (κ3) is 5.40. The van der Waals surface area contributed by atoms with Gasteiger partial charge in [0.25, 0.3) is 5.91 Å². The molecule has 1 amide bonds. The molecule has 0 aliphatic heterocycles. The third-order valence-electron chi connectivity index (χ3n) is 2.76. The molecular weight excluding hydrogens is 304 g/mol. The van der Waals surface area contributed by atoms with Crippen LogP contribution in [0.3, 0.4) is 0 Å². The van der Waals surface area contributed by atoms with Crippen LogP contribution in [0.15, 0.2) is 30.3 Å². The van der Waals surface area contributed by atoms with Gasteiger partial charge in [-0.3, -0.25) is 14.6 Å². The lowest BCUT2D eigenvalue weighted by atomic mass is 10.2. The van der Waals surface area contributed by atoms with Crippen LogP contribution in [0.1, 0.15) is 20.8 Å². The van der Waals surface area contributed by atoms with E-state index < -0.39 is 17.8 Å². The fraction of sp³-hybridized carbons (Fsp3) is 0.400. The highest BCUT2D eigenvalue weighted by atomic mass is 32.2. The summed E-state index contributed by atoms with van der Waals surface area (Å²) in [4.78, 5) is 39.8. The fourth-order valence-electron chi connectivity index (χ4n) is 1.63. The molecule has 0 heterocycles. The Morgan fingerprint density at radius 3 is 2.27 bits per heavy atom. The molecule has 22 heavy (non-hydrogen) atoms. The first kappa shape index (κ1) is 18.0. The molecule has 0 radical (unpaired) electrons. The second-order valence-electron chi connectivity index (χ2n) is 4.76. The summed E-state index contributed by atoms with van der Waals surface area (Å²) in [5.41, 5.74) is 0.698. The van der Waals surface area contributed by atoms with Crippen molar-refractivity contribution in [3.63, 3.8) is 0 Å². The summed E-state index contributed by atoms with van der Waals surface area (Å²) in [7, 11) is 1.63. The zero-order chi connectivity index (χ0) is 16.7. The molecule has 0 bridgehead atoms. The predicted molar refractivity (Wildman–Crippen MR) is 85.8 cm³/mol. The zero-order valence-corrected chi connectivity index (χ0v) is 13.9. The number of nitrogens with zero attached hydrogens (tertiary/aromatic N) is 2. The number of benzene rings is 1. The maximum absolute atomic E-state index is 12.5. The lowest BCUT2D eigenvalue weighted by Gasteiger charge is -2.32. The normalized spacial score (nSPS) is 11.5. The standard InChI is InChI=1S/C15H20N2O4S/c1-11(10-22-13(3)19)15(20)17(21-12(2)18)16(4)14-8-6-5-7-9-14/h5-9,11H,10H2,1-4H3. The summed E-state index contributed by atoms with van der Waals surface area (Å²) in [6.07, 6.45) is 0. The van der Waals surface area contributed by atoms with Crippen molar-refractivity contribution in [1.29, 1.82) is 0 Å². The van der Waals surface area contributed by atoms with Gasteiger partial charge in [0.1, 0.15) is 0 Å². The van der Waals surface area contributed by atoms with E-state index in [4.69, 9.17) is 4.84 Å². The van der Waals surface area contributed by atoms with Gasteiger partial charge in [0.15, 0.2) is 5.12 Å². The molecule has 120 valence electrons. The molecule has 7 heteroatoms. The van der Waals surface area contributed by atoms with E-state index in [0.717, 1.165) is 16.9 Å². The summed E-state index contributed by atoms with van der Waals surface area (Å²) in [6, 6.07) is 9.06. The number of carbonyl (C=O) groups is 3. The van der Waals surface area contributed by atoms with Crippen LogP contribution in [0, 0.1) is 5.92 Å². The third-order valence-corrected chi connectivity index (χ3v) is 3.84. The Hall–Kier alpha value is -2.02. The van der Waals surface area contributed by atoms with Crippen molar-refractivity contribution in [3.8, 4) is 0 Å². The molecule has 6 nitrogen and oxygen atoms in total. The van der Waals surface area contributed by atoms with E-state index >= 15 is 0 Å². The van der Waals surface area contributed by atoms with Crippen LogP contribution in [-0.4, -0.2) is 35.0 Å². The molecule has 0 N–H and O–H groups in total. The predicted octanol–water partition coefficient (Wildman–Crippen LogP) is 2.26. The number of thioether (sulfide) groups is 1. The summed E-state index contributed by atoms with van der Waals surface area (Å²) in [5, 5.41) is 2.33. The van der Waals surface area contributed by atoms with Crippen molar-refractivity contribution in [2.45, 2.75) is 20.8 Å². The molecule has 1 unspecified atom stereocenters. The average molecular weight is 324 g/mol. The Balaban J connectivity index is 2.89. The summed E-state index contributed by atoms with van der Waals surface area (Å²) >= 11 is 1.07. The molecule has 0 fully saturated rings. The number of hydrazine groups is 1. The Labute approximate surface area is 134 Å². The van der Waals surface area contributed by atoms with Crippen molar-refractivity contribution < 1.29 is 19.2 Å². The topological polar surface area (TPSA) is 66.9 Å². The van der Waals surface area contributed by atoms with Gasteiger partial charge in [0, 0.05) is 26.6 Å². The van der Waals surface area contributed by atoms with Gasteiger partial charge in [-0.15, -0.1) is 0 Å². The molecule has 0 aliphatic rings. The Morgan fingerprint density at radius 2 is 1.77 bits per heavy atom. The summed E-state index contributed by atoms with van der Waals surface area (Å²) in [6.45, 7) is 4.36. The van der Waals surface area contributed by atoms with E-state index in [0.29, 0.717) is 11.4 Å². The molecule has 0 saturated heterocycles. The zero-order valence-electron chi connectivity index (χ0n) is 13.1. The van der Waals surface area contributed by atoms with Crippen molar-refractivity contribution in [2.75, 3.05) is 17.8 Å². The van der Waals surface area contributed by atoms with Crippen molar-refractivity contribution in [2.24, 2.45) is 5.92 Å². The Kier molecular flexibility index (Phi) is 6.91. The quantitative estimate of drug-likeness (QED) is 0.774. The highest BCUT2D eigenvalue weighted by Crippen LogP contribution is 2.18. The van der Waals surface area contributed by atoms with Crippen LogP contribution < -0.4 is 5.01 Å². The van der Waals surface area contributed by atoms with E-state index in [1.54, 1.807) is 26.1 Å². The van der Waals surface area contributed by atoms with Crippen LogP contribution in [0.5, 0.6) is 0 Å². The molecule has 1 aromatic rings. The average Bonchev–Trinajstić information content (AvgIpc) is 2.49. The van der Waals surface area contributed by atoms with Gasteiger partial charge in [0.05, 0.1) is 11.6 Å². The second-order valence-corrected chi connectivity index (χ2v) is 5.95. The molecule has 0 spiro atoms. The first-order chi connectivity index (χ1) is 10.3. The molecule has 1 atom stereocenters.